The maximum Gasteiger partial charge on any atom is 0.241 e. The summed E-state index contributed by atoms with van der Waals surface area (Å²) in [6.45, 7) is 1.93. The van der Waals surface area contributed by atoms with Gasteiger partial charge in [-0.3, -0.25) is 9.69 Å². The van der Waals surface area contributed by atoms with Gasteiger partial charge in [-0.15, -0.1) is 0 Å². The minimum Gasteiger partial charge on any atom is -0.397 e. The average molecular weight is 314 g/mol. The zero-order valence-corrected chi connectivity index (χ0v) is 13.3. The molecule has 4 nitrogen and oxygen atoms in total. The van der Waals surface area contributed by atoms with Crippen molar-refractivity contribution in [1.29, 1.82) is 0 Å². The van der Waals surface area contributed by atoms with Crippen molar-refractivity contribution < 1.29 is 4.79 Å². The summed E-state index contributed by atoms with van der Waals surface area (Å²) >= 11 is 7.81. The van der Waals surface area contributed by atoms with Gasteiger partial charge in [-0.2, -0.15) is 11.8 Å². The van der Waals surface area contributed by atoms with Gasteiger partial charge in [0.05, 0.1) is 16.8 Å². The van der Waals surface area contributed by atoms with Crippen LogP contribution >= 0.6 is 23.4 Å². The first kappa shape index (κ1) is 15.5. The van der Waals surface area contributed by atoms with Gasteiger partial charge in [-0.05, 0) is 44.3 Å². The number of nitrogens with one attached hydrogen (secondary N) is 1. The van der Waals surface area contributed by atoms with E-state index < -0.39 is 0 Å². The van der Waals surface area contributed by atoms with E-state index in [2.05, 4.69) is 10.2 Å². The Bertz CT molecular complexity index is 491. The number of nitrogen functional groups attached to an aromatic ring is 1. The van der Waals surface area contributed by atoms with Gasteiger partial charge in [-0.1, -0.05) is 11.6 Å². The molecular weight excluding hydrogens is 294 g/mol. The highest BCUT2D eigenvalue weighted by atomic mass is 35.5. The SMILES string of the molecule is CC(C(=O)Nc1ccc(Cl)c(N)c1)N(C)C1CCSC1. The number of amides is 1. The molecule has 0 bridgehead atoms. The molecule has 6 heteroatoms. The number of nitrogens with two attached hydrogens (primary N) is 1. The number of hydrogen-bond acceptors (Lipinski definition) is 4. The minimum absolute atomic E-state index is 0.0221. The Hall–Kier alpha value is -0.910. The van der Waals surface area contributed by atoms with Gasteiger partial charge in [0.25, 0.3) is 0 Å². The summed E-state index contributed by atoms with van der Waals surface area (Å²) in [7, 11) is 2.01. The van der Waals surface area contributed by atoms with Gasteiger partial charge in [0, 0.05) is 17.5 Å². The number of nitrogens with zero attached hydrogens (tertiary/aromatic N) is 1. The summed E-state index contributed by atoms with van der Waals surface area (Å²) in [5, 5.41) is 3.38. The highest BCUT2D eigenvalue weighted by Crippen LogP contribution is 2.24. The normalized spacial score (nSPS) is 20.1. The van der Waals surface area contributed by atoms with Crippen molar-refractivity contribution in [2.45, 2.75) is 25.4 Å². The van der Waals surface area contributed by atoms with Crippen LogP contribution in [-0.4, -0.2) is 41.4 Å². The van der Waals surface area contributed by atoms with Crippen LogP contribution in [0, 0.1) is 0 Å². The smallest absolute Gasteiger partial charge is 0.241 e. The van der Waals surface area contributed by atoms with Crippen molar-refractivity contribution in [3.63, 3.8) is 0 Å². The second-order valence-electron chi connectivity index (χ2n) is 5.08. The maximum absolute atomic E-state index is 12.3. The van der Waals surface area contributed by atoms with Crippen LogP contribution in [0.1, 0.15) is 13.3 Å². The molecule has 1 aliphatic heterocycles. The molecular formula is C14H20ClN3OS. The Labute approximate surface area is 129 Å². The van der Waals surface area contributed by atoms with Gasteiger partial charge < -0.3 is 11.1 Å². The van der Waals surface area contributed by atoms with Crippen molar-refractivity contribution in [2.24, 2.45) is 0 Å². The molecule has 0 spiro atoms. The monoisotopic (exact) mass is 313 g/mol. The van der Waals surface area contributed by atoms with Crippen LogP contribution in [0.2, 0.25) is 5.02 Å². The number of benzene rings is 1. The molecule has 1 fully saturated rings. The van der Waals surface area contributed by atoms with Crippen LogP contribution in [0.3, 0.4) is 0 Å². The summed E-state index contributed by atoms with van der Waals surface area (Å²) < 4.78 is 0. The van der Waals surface area contributed by atoms with E-state index in [0.29, 0.717) is 22.4 Å². The van der Waals surface area contributed by atoms with E-state index in [1.807, 2.05) is 25.7 Å². The fraction of sp³-hybridized carbons (Fsp3) is 0.500. The minimum atomic E-state index is -0.171. The Balaban J connectivity index is 1.97. The van der Waals surface area contributed by atoms with Crippen LogP contribution in [0.4, 0.5) is 11.4 Å². The average Bonchev–Trinajstić information content (AvgIpc) is 2.95. The standard InChI is InChI=1S/C14H20ClN3OS/c1-9(18(2)11-5-6-20-8-11)14(19)17-10-3-4-12(15)13(16)7-10/h3-4,7,9,11H,5-6,8,16H2,1-2H3,(H,17,19). The van der Waals surface area contributed by atoms with Crippen LogP contribution < -0.4 is 11.1 Å². The molecule has 2 atom stereocenters. The summed E-state index contributed by atoms with van der Waals surface area (Å²) in [6, 6.07) is 5.44. The lowest BCUT2D eigenvalue weighted by atomic mass is 10.1. The molecule has 20 heavy (non-hydrogen) atoms. The van der Waals surface area contributed by atoms with Gasteiger partial charge >= 0.3 is 0 Å². The van der Waals surface area contributed by atoms with Crippen LogP contribution in [0.25, 0.3) is 0 Å². The highest BCUT2D eigenvalue weighted by Gasteiger charge is 2.27. The molecule has 1 aliphatic rings. The molecule has 0 aliphatic carbocycles. The van der Waals surface area contributed by atoms with Gasteiger partial charge in [0.15, 0.2) is 0 Å². The zero-order chi connectivity index (χ0) is 14.7. The summed E-state index contributed by atoms with van der Waals surface area (Å²) in [5.74, 6) is 2.25. The zero-order valence-electron chi connectivity index (χ0n) is 11.7. The molecule has 1 saturated heterocycles. The van der Waals surface area contributed by atoms with Gasteiger partial charge in [-0.25, -0.2) is 0 Å². The van der Waals surface area contributed by atoms with Crippen LogP contribution in [-0.2, 0) is 4.79 Å². The maximum atomic E-state index is 12.3. The largest absolute Gasteiger partial charge is 0.397 e. The van der Waals surface area contributed by atoms with E-state index >= 15 is 0 Å². The predicted octanol–water partition coefficient (Wildman–Crippen LogP) is 2.69. The molecule has 0 aromatic heterocycles. The number of rotatable bonds is 4. The summed E-state index contributed by atoms with van der Waals surface area (Å²) in [4.78, 5) is 14.4. The van der Waals surface area contributed by atoms with E-state index in [9.17, 15) is 4.79 Å². The number of carbonyl (C=O) groups is 1. The third-order valence-corrected chi connectivity index (χ3v) is 5.22. The first-order valence-corrected chi connectivity index (χ1v) is 8.18. The van der Waals surface area contributed by atoms with Crippen LogP contribution in [0.5, 0.6) is 0 Å². The quantitative estimate of drug-likeness (QED) is 0.839. The number of carbonyl (C=O) groups excluding carboxylic acids is 1. The Kier molecular flexibility index (Phi) is 5.18. The fourth-order valence-electron chi connectivity index (χ4n) is 2.21. The topological polar surface area (TPSA) is 58.4 Å². The predicted molar refractivity (Wildman–Crippen MR) is 87.4 cm³/mol. The molecule has 0 radical (unpaired) electrons. The lowest BCUT2D eigenvalue weighted by Crippen LogP contribution is -2.45. The first-order valence-electron chi connectivity index (χ1n) is 6.64. The van der Waals surface area contributed by atoms with Crippen molar-refractivity contribution in [3.05, 3.63) is 23.2 Å². The van der Waals surface area contributed by atoms with E-state index in [4.69, 9.17) is 17.3 Å². The molecule has 2 unspecified atom stereocenters. The van der Waals surface area contributed by atoms with Crippen molar-refractivity contribution >= 4 is 40.6 Å². The van der Waals surface area contributed by atoms with E-state index in [1.165, 1.54) is 5.75 Å². The lowest BCUT2D eigenvalue weighted by molar-refractivity contribution is -0.120. The third-order valence-electron chi connectivity index (χ3n) is 3.74. The second-order valence-corrected chi connectivity index (χ2v) is 6.64. The molecule has 1 amide bonds. The molecule has 3 N–H and O–H groups in total. The molecule has 110 valence electrons. The molecule has 1 heterocycles. The number of hydrogen-bond donors (Lipinski definition) is 2. The summed E-state index contributed by atoms with van der Waals surface area (Å²) in [6.07, 6.45) is 1.15. The summed E-state index contributed by atoms with van der Waals surface area (Å²) in [5.41, 5.74) is 6.88. The number of halogens is 1. The van der Waals surface area contributed by atoms with E-state index in [-0.39, 0.29) is 11.9 Å². The van der Waals surface area contributed by atoms with Crippen molar-refractivity contribution in [3.8, 4) is 0 Å². The Morgan fingerprint density at radius 3 is 2.95 bits per heavy atom. The molecule has 1 aromatic rings. The molecule has 2 rings (SSSR count). The number of likely N-dealkylation sites (N-methyl/N-ethyl adjacent to an activating group) is 1. The van der Waals surface area contributed by atoms with Crippen molar-refractivity contribution in [2.75, 3.05) is 29.6 Å². The number of thioether (sulfide) groups is 1. The second kappa shape index (κ2) is 6.70. The highest BCUT2D eigenvalue weighted by molar-refractivity contribution is 7.99. The third kappa shape index (κ3) is 3.59. The van der Waals surface area contributed by atoms with Crippen molar-refractivity contribution in [1.82, 2.24) is 4.90 Å². The first-order chi connectivity index (χ1) is 9.49. The van der Waals surface area contributed by atoms with Gasteiger partial charge in [0.2, 0.25) is 5.91 Å². The van der Waals surface area contributed by atoms with E-state index in [1.54, 1.807) is 18.2 Å². The lowest BCUT2D eigenvalue weighted by Gasteiger charge is -2.29. The molecule has 1 aromatic carbocycles. The molecule has 0 saturated carbocycles. The van der Waals surface area contributed by atoms with E-state index in [0.717, 1.165) is 12.2 Å². The Morgan fingerprint density at radius 1 is 1.60 bits per heavy atom. The van der Waals surface area contributed by atoms with Crippen LogP contribution in [0.15, 0.2) is 18.2 Å². The van der Waals surface area contributed by atoms with Gasteiger partial charge in [0.1, 0.15) is 0 Å². The Morgan fingerprint density at radius 2 is 2.35 bits per heavy atom. The number of anilines is 2. The fourth-order valence-corrected chi connectivity index (χ4v) is 3.61.